The van der Waals surface area contributed by atoms with Gasteiger partial charge in [-0.3, -0.25) is 4.72 Å². The molecule has 0 bridgehead atoms. The van der Waals surface area contributed by atoms with Gasteiger partial charge in [0.05, 0.1) is 18.4 Å². The van der Waals surface area contributed by atoms with Crippen LogP contribution in [0.5, 0.6) is 5.75 Å². The number of hydrogen-bond donors (Lipinski definition) is 1. The normalized spacial score (nSPS) is 15.1. The van der Waals surface area contributed by atoms with Gasteiger partial charge in [-0.1, -0.05) is 12.1 Å². The summed E-state index contributed by atoms with van der Waals surface area (Å²) in [5.74, 6) is 0.427. The topological polar surface area (TPSA) is 58.6 Å². The average Bonchev–Trinajstić information content (AvgIpc) is 3.20. The lowest BCUT2D eigenvalue weighted by atomic mass is 10.0. The van der Waals surface area contributed by atoms with Crippen LogP contribution in [0.3, 0.4) is 0 Å². The molecule has 0 aliphatic carbocycles. The highest BCUT2D eigenvalue weighted by Gasteiger charge is 2.30. The minimum Gasteiger partial charge on any atom is -0.495 e. The molecule has 0 amide bonds. The second-order valence-corrected chi connectivity index (χ2v) is 10.9. The van der Waals surface area contributed by atoms with E-state index in [9.17, 15) is 21.6 Å². The van der Waals surface area contributed by atoms with Gasteiger partial charge < -0.3 is 9.64 Å². The Kier molecular flexibility index (Phi) is 6.43. The molecule has 1 aliphatic rings. The molecule has 1 N–H and O–H groups in total. The Bertz CT molecular complexity index is 1270. The minimum absolute atomic E-state index is 0.00615. The number of fused-ring (bicyclic) bond motifs is 1. The highest BCUT2D eigenvalue weighted by molar-refractivity contribution is 7.94. The molecule has 1 aromatic heterocycles. The van der Waals surface area contributed by atoms with Crippen molar-refractivity contribution in [2.24, 2.45) is 0 Å². The SMILES string of the molecule is COc1cc2c(cc1NS(=O)(=O)c1ccc(-c3cccc(C(F)(F)F)c3)s1)CCN(C)CC2. The summed E-state index contributed by atoms with van der Waals surface area (Å²) in [7, 11) is -0.430. The molecule has 0 spiro atoms. The third-order valence-electron chi connectivity index (χ3n) is 5.61. The van der Waals surface area contributed by atoms with Gasteiger partial charge in [-0.05, 0) is 73.0 Å². The van der Waals surface area contributed by atoms with Crippen molar-refractivity contribution in [3.63, 3.8) is 0 Å². The van der Waals surface area contributed by atoms with Crippen molar-refractivity contribution in [2.45, 2.75) is 23.2 Å². The Morgan fingerprint density at radius 3 is 2.39 bits per heavy atom. The molecular weight excluding hydrogens is 473 g/mol. The number of ether oxygens (including phenoxy) is 1. The zero-order chi connectivity index (χ0) is 23.8. The number of nitrogens with one attached hydrogen (secondary N) is 1. The van der Waals surface area contributed by atoms with Gasteiger partial charge in [-0.2, -0.15) is 13.2 Å². The highest BCUT2D eigenvalue weighted by Crippen LogP contribution is 2.37. The molecule has 2 aromatic carbocycles. The number of nitrogens with zero attached hydrogens (tertiary/aromatic N) is 1. The van der Waals surface area contributed by atoms with E-state index in [1.54, 1.807) is 0 Å². The fourth-order valence-electron chi connectivity index (χ4n) is 3.78. The van der Waals surface area contributed by atoms with Crippen molar-refractivity contribution in [3.8, 4) is 16.2 Å². The Balaban J connectivity index is 1.63. The fraction of sp³-hybridized carbons (Fsp3) is 0.304. The molecule has 0 atom stereocenters. The Morgan fingerprint density at radius 1 is 1.03 bits per heavy atom. The predicted octanol–water partition coefficient (Wildman–Crippen LogP) is 5.27. The van der Waals surface area contributed by atoms with Crippen LogP contribution in [0.2, 0.25) is 0 Å². The zero-order valence-corrected chi connectivity index (χ0v) is 19.7. The second-order valence-electron chi connectivity index (χ2n) is 7.93. The molecule has 2 heterocycles. The molecule has 10 heteroatoms. The number of methoxy groups -OCH3 is 1. The summed E-state index contributed by atoms with van der Waals surface area (Å²) in [5, 5.41) is 0. The van der Waals surface area contributed by atoms with Crippen LogP contribution in [0, 0.1) is 0 Å². The number of benzene rings is 2. The Hall–Kier alpha value is -2.56. The zero-order valence-electron chi connectivity index (χ0n) is 18.1. The first-order chi connectivity index (χ1) is 15.6. The maximum atomic E-state index is 13.1. The van der Waals surface area contributed by atoms with Gasteiger partial charge in [0, 0.05) is 18.0 Å². The number of hydrogen-bond acceptors (Lipinski definition) is 5. The Morgan fingerprint density at radius 2 is 1.73 bits per heavy atom. The summed E-state index contributed by atoms with van der Waals surface area (Å²) in [5.41, 5.74) is 2.06. The number of thiophene rings is 1. The summed E-state index contributed by atoms with van der Waals surface area (Å²) in [6, 6.07) is 11.4. The van der Waals surface area contributed by atoms with Gasteiger partial charge in [-0.15, -0.1) is 11.3 Å². The second kappa shape index (κ2) is 9.00. The molecular formula is C23H23F3N2O3S2. The third-order valence-corrected chi connectivity index (χ3v) is 8.60. The van der Waals surface area contributed by atoms with Crippen molar-refractivity contribution in [1.29, 1.82) is 0 Å². The molecule has 5 nitrogen and oxygen atoms in total. The van der Waals surface area contributed by atoms with Gasteiger partial charge in [0.2, 0.25) is 0 Å². The van der Waals surface area contributed by atoms with Crippen molar-refractivity contribution in [2.75, 3.05) is 32.0 Å². The van der Waals surface area contributed by atoms with E-state index in [2.05, 4.69) is 9.62 Å². The number of halogens is 3. The number of anilines is 1. The van der Waals surface area contributed by atoms with E-state index in [1.165, 1.54) is 31.4 Å². The van der Waals surface area contributed by atoms with E-state index in [0.29, 0.717) is 21.9 Å². The van der Waals surface area contributed by atoms with Gasteiger partial charge >= 0.3 is 6.18 Å². The van der Waals surface area contributed by atoms with Crippen LogP contribution >= 0.6 is 11.3 Å². The first-order valence-electron chi connectivity index (χ1n) is 10.3. The Labute approximate surface area is 194 Å². The fourth-order valence-corrected chi connectivity index (χ4v) is 6.14. The number of likely N-dealkylation sites (N-methyl/N-ethyl adjacent to an activating group) is 1. The quantitative estimate of drug-likeness (QED) is 0.523. The van der Waals surface area contributed by atoms with Crippen LogP contribution in [0.25, 0.3) is 10.4 Å². The van der Waals surface area contributed by atoms with Crippen LogP contribution in [0.15, 0.2) is 52.7 Å². The van der Waals surface area contributed by atoms with Crippen LogP contribution in [-0.2, 0) is 29.0 Å². The standard InChI is InChI=1S/C23H23F3N2O3S2/c1-28-10-8-15-13-19(20(31-2)14-16(15)9-11-28)27-33(29,30)22-7-6-21(32-22)17-4-3-5-18(12-17)23(24,25)26/h3-7,12-14,27H,8-11H2,1-2H3. The van der Waals surface area contributed by atoms with Crippen LogP contribution in [0.4, 0.5) is 18.9 Å². The molecule has 3 aromatic rings. The lowest BCUT2D eigenvalue weighted by Crippen LogP contribution is -2.20. The van der Waals surface area contributed by atoms with Crippen LogP contribution in [-0.4, -0.2) is 40.6 Å². The van der Waals surface area contributed by atoms with E-state index >= 15 is 0 Å². The van der Waals surface area contributed by atoms with E-state index in [0.717, 1.165) is 60.5 Å². The molecule has 0 radical (unpaired) electrons. The van der Waals surface area contributed by atoms with Crippen molar-refractivity contribution in [1.82, 2.24) is 4.90 Å². The summed E-state index contributed by atoms with van der Waals surface area (Å²) in [4.78, 5) is 2.65. The van der Waals surface area contributed by atoms with E-state index in [4.69, 9.17) is 4.74 Å². The summed E-state index contributed by atoms with van der Waals surface area (Å²) in [6.07, 6.45) is -2.83. The lowest BCUT2D eigenvalue weighted by Gasteiger charge is -2.15. The number of sulfonamides is 1. The van der Waals surface area contributed by atoms with Crippen molar-refractivity contribution < 1.29 is 26.3 Å². The molecule has 1 aliphatic heterocycles. The average molecular weight is 497 g/mol. The largest absolute Gasteiger partial charge is 0.495 e. The maximum Gasteiger partial charge on any atom is 0.416 e. The van der Waals surface area contributed by atoms with Gasteiger partial charge in [0.15, 0.2) is 0 Å². The molecule has 4 rings (SSSR count). The molecule has 0 unspecified atom stereocenters. The smallest absolute Gasteiger partial charge is 0.416 e. The summed E-state index contributed by atoms with van der Waals surface area (Å²) >= 11 is 0.912. The molecule has 0 saturated carbocycles. The first kappa shape index (κ1) is 23.6. The van der Waals surface area contributed by atoms with Crippen molar-refractivity contribution in [3.05, 3.63) is 65.2 Å². The van der Waals surface area contributed by atoms with E-state index in [-0.39, 0.29) is 4.21 Å². The van der Waals surface area contributed by atoms with E-state index < -0.39 is 21.8 Å². The first-order valence-corrected chi connectivity index (χ1v) is 12.6. The van der Waals surface area contributed by atoms with Crippen LogP contribution < -0.4 is 9.46 Å². The monoisotopic (exact) mass is 496 g/mol. The number of rotatable bonds is 5. The maximum absolute atomic E-state index is 13.1. The minimum atomic E-state index is -4.47. The van der Waals surface area contributed by atoms with Gasteiger partial charge in [0.25, 0.3) is 10.0 Å². The van der Waals surface area contributed by atoms with E-state index in [1.807, 2.05) is 19.2 Å². The predicted molar refractivity (Wildman–Crippen MR) is 123 cm³/mol. The van der Waals surface area contributed by atoms with Gasteiger partial charge in [0.1, 0.15) is 9.96 Å². The molecule has 0 saturated heterocycles. The lowest BCUT2D eigenvalue weighted by molar-refractivity contribution is -0.137. The molecule has 176 valence electrons. The molecule has 0 fully saturated rings. The van der Waals surface area contributed by atoms with Gasteiger partial charge in [-0.25, -0.2) is 8.42 Å². The summed E-state index contributed by atoms with van der Waals surface area (Å²) in [6.45, 7) is 1.78. The third kappa shape index (κ3) is 5.18. The van der Waals surface area contributed by atoms with Crippen LogP contribution in [0.1, 0.15) is 16.7 Å². The number of alkyl halides is 3. The molecule has 33 heavy (non-hydrogen) atoms. The summed E-state index contributed by atoms with van der Waals surface area (Å²) < 4.78 is 73.3. The highest BCUT2D eigenvalue weighted by atomic mass is 32.2. The van der Waals surface area contributed by atoms with Crippen molar-refractivity contribution >= 4 is 27.0 Å².